The molecule has 1 atom stereocenters. The zero-order chi connectivity index (χ0) is 23.0. The predicted octanol–water partition coefficient (Wildman–Crippen LogP) is 5.13. The van der Waals surface area contributed by atoms with E-state index in [-0.39, 0.29) is 23.2 Å². The molecule has 1 amide bonds. The Labute approximate surface area is 187 Å². The Morgan fingerprint density at radius 1 is 1.19 bits per heavy atom. The Bertz CT molecular complexity index is 1150. The average Bonchev–Trinajstić information content (AvgIpc) is 3.06. The van der Waals surface area contributed by atoms with E-state index < -0.39 is 17.6 Å². The lowest BCUT2D eigenvalue weighted by molar-refractivity contribution is -0.137. The third kappa shape index (κ3) is 4.19. The second kappa shape index (κ2) is 8.50. The minimum Gasteiger partial charge on any atom is -0.497 e. The SMILES string of the molecule is COc1ccc(-n2nnc(C(=O)N3CCC(C)Sc4ccc(C(F)(F)F)cc43)c2C)cc1. The number of thioether (sulfide) groups is 1. The van der Waals surface area contributed by atoms with Crippen LogP contribution in [0.4, 0.5) is 18.9 Å². The number of methoxy groups -OCH3 is 1. The molecular formula is C22H21F3N4O2S. The summed E-state index contributed by atoms with van der Waals surface area (Å²) in [7, 11) is 1.56. The Morgan fingerprint density at radius 2 is 1.91 bits per heavy atom. The van der Waals surface area contributed by atoms with E-state index in [2.05, 4.69) is 10.3 Å². The van der Waals surface area contributed by atoms with Crippen LogP contribution >= 0.6 is 11.8 Å². The number of alkyl halides is 3. The number of hydrogen-bond donors (Lipinski definition) is 0. The molecule has 0 aliphatic carbocycles. The molecule has 3 aromatic rings. The van der Waals surface area contributed by atoms with Gasteiger partial charge in [0.15, 0.2) is 5.69 Å². The molecule has 2 aromatic carbocycles. The number of halogens is 3. The number of benzene rings is 2. The van der Waals surface area contributed by atoms with Crippen molar-refractivity contribution in [2.75, 3.05) is 18.6 Å². The van der Waals surface area contributed by atoms with Gasteiger partial charge in [-0.1, -0.05) is 12.1 Å². The number of rotatable bonds is 3. The molecule has 4 rings (SSSR count). The largest absolute Gasteiger partial charge is 0.497 e. The van der Waals surface area contributed by atoms with Crippen molar-refractivity contribution in [2.24, 2.45) is 0 Å². The van der Waals surface area contributed by atoms with Crippen molar-refractivity contribution in [1.82, 2.24) is 15.0 Å². The van der Waals surface area contributed by atoms with E-state index in [9.17, 15) is 18.0 Å². The van der Waals surface area contributed by atoms with Crippen LogP contribution in [-0.2, 0) is 6.18 Å². The van der Waals surface area contributed by atoms with Gasteiger partial charge in [-0.3, -0.25) is 4.79 Å². The van der Waals surface area contributed by atoms with Crippen molar-refractivity contribution in [3.8, 4) is 11.4 Å². The Kier molecular flexibility index (Phi) is 5.89. The molecule has 1 aliphatic rings. The van der Waals surface area contributed by atoms with E-state index in [0.717, 1.165) is 12.1 Å². The second-order valence-corrected chi connectivity index (χ2v) is 8.97. The van der Waals surface area contributed by atoms with Gasteiger partial charge in [-0.05, 0) is 55.8 Å². The standard InChI is InChI=1S/C22H21F3N4O2S/c1-13-10-11-28(18-12-15(22(23,24)25)4-9-19(18)32-13)21(30)20-14(2)29(27-26-20)16-5-7-17(31-3)8-6-16/h4-9,12-13H,10-11H2,1-3H3. The molecule has 32 heavy (non-hydrogen) atoms. The lowest BCUT2D eigenvalue weighted by Crippen LogP contribution is -2.33. The van der Waals surface area contributed by atoms with Crippen molar-refractivity contribution in [2.45, 2.75) is 36.6 Å². The highest BCUT2D eigenvalue weighted by atomic mass is 32.2. The number of anilines is 1. The number of aromatic nitrogens is 3. The van der Waals surface area contributed by atoms with Crippen LogP contribution in [0.5, 0.6) is 5.75 Å². The maximum Gasteiger partial charge on any atom is 0.416 e. The Morgan fingerprint density at radius 3 is 2.56 bits per heavy atom. The summed E-state index contributed by atoms with van der Waals surface area (Å²) in [5, 5.41) is 8.32. The van der Waals surface area contributed by atoms with Crippen LogP contribution in [0.2, 0.25) is 0 Å². The van der Waals surface area contributed by atoms with E-state index in [4.69, 9.17) is 4.74 Å². The monoisotopic (exact) mass is 462 g/mol. The molecule has 0 bridgehead atoms. The van der Waals surface area contributed by atoms with Crippen molar-refractivity contribution < 1.29 is 22.7 Å². The molecule has 0 fully saturated rings. The van der Waals surface area contributed by atoms with E-state index >= 15 is 0 Å². The van der Waals surface area contributed by atoms with Gasteiger partial charge in [0.2, 0.25) is 0 Å². The van der Waals surface area contributed by atoms with Crippen molar-refractivity contribution >= 4 is 23.4 Å². The third-order valence-electron chi connectivity index (χ3n) is 5.32. The molecule has 1 unspecified atom stereocenters. The highest BCUT2D eigenvalue weighted by Crippen LogP contribution is 2.41. The summed E-state index contributed by atoms with van der Waals surface area (Å²) >= 11 is 1.46. The van der Waals surface area contributed by atoms with Crippen LogP contribution in [0.3, 0.4) is 0 Å². The van der Waals surface area contributed by atoms with E-state index in [1.807, 2.05) is 6.92 Å². The van der Waals surface area contributed by atoms with E-state index in [0.29, 0.717) is 28.4 Å². The van der Waals surface area contributed by atoms with Crippen molar-refractivity contribution in [3.05, 3.63) is 59.4 Å². The number of nitrogens with zero attached hydrogens (tertiary/aromatic N) is 4. The number of hydrogen-bond acceptors (Lipinski definition) is 5. The van der Waals surface area contributed by atoms with Gasteiger partial charge in [-0.15, -0.1) is 16.9 Å². The fourth-order valence-electron chi connectivity index (χ4n) is 3.55. The first-order valence-electron chi connectivity index (χ1n) is 9.95. The molecule has 6 nitrogen and oxygen atoms in total. The summed E-state index contributed by atoms with van der Waals surface area (Å²) in [4.78, 5) is 15.5. The number of fused-ring (bicyclic) bond motifs is 1. The summed E-state index contributed by atoms with van der Waals surface area (Å²) in [5.74, 6) is 0.202. The molecule has 168 valence electrons. The second-order valence-electron chi connectivity index (χ2n) is 7.49. The molecule has 0 saturated carbocycles. The van der Waals surface area contributed by atoms with Crippen LogP contribution in [-0.4, -0.2) is 39.8 Å². The zero-order valence-corrected chi connectivity index (χ0v) is 18.5. The molecule has 1 aromatic heterocycles. The maximum atomic E-state index is 13.4. The van der Waals surface area contributed by atoms with Crippen LogP contribution in [0.25, 0.3) is 5.69 Å². The highest BCUT2D eigenvalue weighted by molar-refractivity contribution is 8.00. The zero-order valence-electron chi connectivity index (χ0n) is 17.7. The van der Waals surface area contributed by atoms with Crippen LogP contribution in [0, 0.1) is 6.92 Å². The first-order valence-corrected chi connectivity index (χ1v) is 10.8. The average molecular weight is 462 g/mol. The highest BCUT2D eigenvalue weighted by Gasteiger charge is 2.34. The van der Waals surface area contributed by atoms with Gasteiger partial charge < -0.3 is 9.64 Å². The molecule has 0 saturated heterocycles. The van der Waals surface area contributed by atoms with Gasteiger partial charge in [0.05, 0.1) is 29.7 Å². The molecule has 0 N–H and O–H groups in total. The minimum atomic E-state index is -4.50. The van der Waals surface area contributed by atoms with Gasteiger partial charge in [0, 0.05) is 16.7 Å². The first-order chi connectivity index (χ1) is 15.2. The number of carbonyl (C=O) groups excluding carboxylic acids is 1. The predicted molar refractivity (Wildman–Crippen MR) is 116 cm³/mol. The summed E-state index contributed by atoms with van der Waals surface area (Å²) in [6.45, 7) is 3.99. The fourth-order valence-corrected chi connectivity index (χ4v) is 4.64. The summed E-state index contributed by atoms with van der Waals surface area (Å²) in [6, 6.07) is 10.6. The van der Waals surface area contributed by atoms with Gasteiger partial charge in [0.1, 0.15) is 5.75 Å². The number of ether oxygens (including phenoxy) is 1. The van der Waals surface area contributed by atoms with Crippen LogP contribution in [0.15, 0.2) is 47.4 Å². The minimum absolute atomic E-state index is 0.101. The smallest absolute Gasteiger partial charge is 0.416 e. The molecule has 0 radical (unpaired) electrons. The van der Waals surface area contributed by atoms with Crippen LogP contribution < -0.4 is 9.64 Å². The first kappa shape index (κ1) is 22.2. The molecule has 1 aliphatic heterocycles. The van der Waals surface area contributed by atoms with Gasteiger partial charge in [0.25, 0.3) is 5.91 Å². The van der Waals surface area contributed by atoms with Gasteiger partial charge >= 0.3 is 6.18 Å². The summed E-state index contributed by atoms with van der Waals surface area (Å²) < 4.78 is 46.7. The quantitative estimate of drug-likeness (QED) is 0.540. The molecular weight excluding hydrogens is 441 g/mol. The van der Waals surface area contributed by atoms with Crippen molar-refractivity contribution in [3.63, 3.8) is 0 Å². The van der Waals surface area contributed by atoms with E-state index in [1.165, 1.54) is 27.4 Å². The van der Waals surface area contributed by atoms with Crippen LogP contribution in [0.1, 0.15) is 35.1 Å². The Hall–Kier alpha value is -3.01. The van der Waals surface area contributed by atoms with Crippen molar-refractivity contribution in [1.29, 1.82) is 0 Å². The topological polar surface area (TPSA) is 60.2 Å². The Balaban J connectivity index is 1.73. The molecule has 2 heterocycles. The number of carbonyl (C=O) groups is 1. The summed E-state index contributed by atoms with van der Waals surface area (Å²) in [5.41, 5.74) is 0.748. The number of amides is 1. The lowest BCUT2D eigenvalue weighted by Gasteiger charge is -2.23. The van der Waals surface area contributed by atoms with E-state index in [1.54, 1.807) is 38.3 Å². The fraction of sp³-hybridized carbons (Fsp3) is 0.318. The van der Waals surface area contributed by atoms with Gasteiger partial charge in [-0.25, -0.2) is 4.68 Å². The molecule has 10 heteroatoms. The maximum absolute atomic E-state index is 13.4. The van der Waals surface area contributed by atoms with Gasteiger partial charge in [-0.2, -0.15) is 13.2 Å². The normalized spacial score (nSPS) is 16.4. The summed E-state index contributed by atoms with van der Waals surface area (Å²) in [6.07, 6.45) is -3.86. The molecule has 0 spiro atoms. The lowest BCUT2D eigenvalue weighted by atomic mass is 10.1. The third-order valence-corrected chi connectivity index (χ3v) is 6.56.